The zero-order chi connectivity index (χ0) is 17.4. The van der Waals surface area contributed by atoms with E-state index < -0.39 is 48.6 Å². The van der Waals surface area contributed by atoms with E-state index in [0.717, 1.165) is 0 Å². The molecule has 0 bridgehead atoms. The fourth-order valence-corrected chi connectivity index (χ4v) is 2.26. The van der Waals surface area contributed by atoms with Crippen LogP contribution in [0.3, 0.4) is 0 Å². The number of nitrogens with zero attached hydrogens (tertiary/aromatic N) is 1. The average molecular weight is 329 g/mol. The van der Waals surface area contributed by atoms with Crippen molar-refractivity contribution in [2.24, 2.45) is 5.92 Å². The quantitative estimate of drug-likeness (QED) is 0.653. The lowest BCUT2D eigenvalue weighted by molar-refractivity contribution is -0.180. The van der Waals surface area contributed by atoms with Crippen LogP contribution < -0.4 is 0 Å². The van der Waals surface area contributed by atoms with Crippen LogP contribution >= 0.6 is 0 Å². The molecule has 1 aromatic carbocycles. The molecule has 1 N–H and O–H groups in total. The Balaban J connectivity index is 2.14. The second-order valence-corrected chi connectivity index (χ2v) is 4.85. The number of carbonyl (C=O) groups is 4. The molecule has 1 aliphatic heterocycles. The maximum Gasteiger partial charge on any atom is 0.450 e. The third-order valence-corrected chi connectivity index (χ3v) is 3.41. The lowest BCUT2D eigenvalue weighted by Gasteiger charge is -2.17. The number of rotatable bonds is 5. The molecular weight excluding hydrogens is 319 g/mol. The minimum absolute atomic E-state index is 0.0894. The molecule has 1 aromatic rings. The highest BCUT2D eigenvalue weighted by Gasteiger charge is 2.47. The molecule has 0 saturated heterocycles. The smallest absolute Gasteiger partial charge is 0.450 e. The molecule has 9 heteroatoms. The number of aliphatic carboxylic acids is 1. The first-order valence-corrected chi connectivity index (χ1v) is 6.43. The Morgan fingerprint density at radius 1 is 1.09 bits per heavy atom. The third kappa shape index (κ3) is 3.08. The number of hydrogen-bond acceptors (Lipinski definition) is 4. The molecule has 0 spiro atoms. The maximum atomic E-state index is 12.4. The number of fused-ring (bicyclic) bond motifs is 1. The first-order valence-electron chi connectivity index (χ1n) is 6.43. The van der Waals surface area contributed by atoms with Crippen LogP contribution in [0.4, 0.5) is 13.2 Å². The summed E-state index contributed by atoms with van der Waals surface area (Å²) in [7, 11) is 0. The zero-order valence-corrected chi connectivity index (χ0v) is 11.5. The number of carboxylic acids is 1. The van der Waals surface area contributed by atoms with Crippen LogP contribution in [0.25, 0.3) is 0 Å². The predicted molar refractivity (Wildman–Crippen MR) is 68.6 cm³/mol. The molecule has 2 rings (SSSR count). The summed E-state index contributed by atoms with van der Waals surface area (Å²) in [6.07, 6.45) is -6.11. The molecule has 23 heavy (non-hydrogen) atoms. The van der Waals surface area contributed by atoms with Crippen molar-refractivity contribution in [2.45, 2.75) is 12.6 Å². The van der Waals surface area contributed by atoms with Gasteiger partial charge in [0.25, 0.3) is 11.8 Å². The van der Waals surface area contributed by atoms with Crippen molar-refractivity contribution in [3.63, 3.8) is 0 Å². The number of benzene rings is 1. The summed E-state index contributed by atoms with van der Waals surface area (Å²) in [5, 5.41) is 8.78. The topological polar surface area (TPSA) is 91.8 Å². The van der Waals surface area contributed by atoms with Gasteiger partial charge in [-0.1, -0.05) is 12.1 Å². The summed E-state index contributed by atoms with van der Waals surface area (Å²) < 4.78 is 37.1. The van der Waals surface area contributed by atoms with Gasteiger partial charge in [-0.05, 0) is 18.6 Å². The van der Waals surface area contributed by atoms with E-state index in [1.54, 1.807) is 0 Å². The highest BCUT2D eigenvalue weighted by molar-refractivity contribution is 6.21. The van der Waals surface area contributed by atoms with Gasteiger partial charge in [0.15, 0.2) is 0 Å². The highest BCUT2D eigenvalue weighted by Crippen LogP contribution is 2.26. The summed E-state index contributed by atoms with van der Waals surface area (Å²) in [5.74, 6) is -8.19. The number of amides is 2. The van der Waals surface area contributed by atoms with Crippen molar-refractivity contribution in [1.82, 2.24) is 4.90 Å². The lowest BCUT2D eigenvalue weighted by Crippen LogP contribution is -2.39. The molecule has 0 radical (unpaired) electrons. The number of carbonyl (C=O) groups excluding carboxylic acids is 3. The first kappa shape index (κ1) is 16.7. The van der Waals surface area contributed by atoms with Gasteiger partial charge in [-0.25, -0.2) is 0 Å². The number of hydrogen-bond donors (Lipinski definition) is 1. The van der Waals surface area contributed by atoms with E-state index in [1.807, 2.05) is 0 Å². The molecule has 0 aromatic heterocycles. The molecule has 0 fully saturated rings. The van der Waals surface area contributed by atoms with Crippen molar-refractivity contribution < 1.29 is 37.5 Å². The Hall–Kier alpha value is -2.71. The summed E-state index contributed by atoms with van der Waals surface area (Å²) in [6, 6.07) is 5.79. The maximum absolute atomic E-state index is 12.4. The van der Waals surface area contributed by atoms with Crippen LogP contribution in [0.5, 0.6) is 0 Å². The Labute approximate surface area is 127 Å². The van der Waals surface area contributed by atoms with E-state index in [4.69, 9.17) is 5.11 Å². The van der Waals surface area contributed by atoms with Crippen LogP contribution in [0.15, 0.2) is 24.3 Å². The minimum atomic E-state index is -5.30. The number of carboxylic acid groups (broad SMARTS) is 1. The zero-order valence-electron chi connectivity index (χ0n) is 11.5. The van der Waals surface area contributed by atoms with Gasteiger partial charge in [0.2, 0.25) is 5.78 Å². The van der Waals surface area contributed by atoms with Gasteiger partial charge in [0.1, 0.15) is 5.92 Å². The fraction of sp³-hybridized carbons (Fsp3) is 0.286. The molecule has 0 aliphatic carbocycles. The second kappa shape index (κ2) is 5.82. The van der Waals surface area contributed by atoms with Gasteiger partial charge >= 0.3 is 12.1 Å². The SMILES string of the molecule is O=C(O)C(CCN1C(=O)c2ccccc2C1=O)C(=O)C(F)(F)F. The van der Waals surface area contributed by atoms with Crippen molar-refractivity contribution >= 4 is 23.6 Å². The summed E-state index contributed by atoms with van der Waals surface area (Å²) in [4.78, 5) is 46.6. The molecule has 2 amide bonds. The molecule has 1 unspecified atom stereocenters. The molecule has 1 aliphatic rings. The number of halogens is 3. The van der Waals surface area contributed by atoms with Gasteiger partial charge in [-0.3, -0.25) is 24.1 Å². The van der Waals surface area contributed by atoms with Gasteiger partial charge in [-0.2, -0.15) is 13.2 Å². The normalized spacial score (nSPS) is 15.5. The first-order chi connectivity index (χ1) is 10.6. The summed E-state index contributed by atoms with van der Waals surface area (Å²) >= 11 is 0. The predicted octanol–water partition coefficient (Wildman–Crippen LogP) is 1.50. The number of ketones is 1. The highest BCUT2D eigenvalue weighted by atomic mass is 19.4. The standard InChI is InChI=1S/C14H10F3NO5/c15-14(16,17)10(19)9(13(22)23)5-6-18-11(20)7-3-1-2-4-8(7)12(18)21/h1-4,9H,5-6H2,(H,22,23). The molecule has 122 valence electrons. The third-order valence-electron chi connectivity index (χ3n) is 3.41. The fourth-order valence-electron chi connectivity index (χ4n) is 2.26. The van der Waals surface area contributed by atoms with Crippen molar-refractivity contribution in [2.75, 3.05) is 6.54 Å². The van der Waals surface area contributed by atoms with Crippen LogP contribution in [-0.4, -0.2) is 46.3 Å². The van der Waals surface area contributed by atoms with Crippen LogP contribution in [0.2, 0.25) is 0 Å². The number of Topliss-reactive ketones (excluding diaryl/α,β-unsaturated/α-hetero) is 1. The second-order valence-electron chi connectivity index (χ2n) is 4.85. The number of imide groups is 1. The number of alkyl halides is 3. The van der Waals surface area contributed by atoms with E-state index in [2.05, 4.69) is 0 Å². The van der Waals surface area contributed by atoms with E-state index >= 15 is 0 Å². The Morgan fingerprint density at radius 2 is 1.57 bits per heavy atom. The van der Waals surface area contributed by atoms with E-state index in [0.29, 0.717) is 4.90 Å². The minimum Gasteiger partial charge on any atom is -0.481 e. The lowest BCUT2D eigenvalue weighted by atomic mass is 9.99. The van der Waals surface area contributed by atoms with Gasteiger partial charge in [0.05, 0.1) is 11.1 Å². The molecule has 0 saturated carbocycles. The molecular formula is C14H10F3NO5. The van der Waals surface area contributed by atoms with Crippen molar-refractivity contribution in [3.8, 4) is 0 Å². The largest absolute Gasteiger partial charge is 0.481 e. The van der Waals surface area contributed by atoms with Crippen LogP contribution in [0.1, 0.15) is 27.1 Å². The summed E-state index contributed by atoms with van der Waals surface area (Å²) in [6.45, 7) is -0.592. The van der Waals surface area contributed by atoms with E-state index in [-0.39, 0.29) is 11.1 Å². The van der Waals surface area contributed by atoms with Crippen LogP contribution in [-0.2, 0) is 9.59 Å². The van der Waals surface area contributed by atoms with Gasteiger partial charge < -0.3 is 5.11 Å². The van der Waals surface area contributed by atoms with Gasteiger partial charge in [0, 0.05) is 6.54 Å². The van der Waals surface area contributed by atoms with Crippen molar-refractivity contribution in [3.05, 3.63) is 35.4 Å². The van der Waals surface area contributed by atoms with E-state index in [9.17, 15) is 32.3 Å². The Kier molecular flexibility index (Phi) is 4.22. The molecule has 1 heterocycles. The van der Waals surface area contributed by atoms with Gasteiger partial charge in [-0.15, -0.1) is 0 Å². The Bertz CT molecular complexity index is 663. The Morgan fingerprint density at radius 3 is 1.96 bits per heavy atom. The summed E-state index contributed by atoms with van der Waals surface area (Å²) in [5.41, 5.74) is 0.179. The monoisotopic (exact) mass is 329 g/mol. The molecule has 1 atom stereocenters. The van der Waals surface area contributed by atoms with Crippen LogP contribution in [0, 0.1) is 5.92 Å². The average Bonchev–Trinajstić information content (AvgIpc) is 2.71. The van der Waals surface area contributed by atoms with Crippen molar-refractivity contribution in [1.29, 1.82) is 0 Å². The van der Waals surface area contributed by atoms with E-state index in [1.165, 1.54) is 24.3 Å². The molecule has 6 nitrogen and oxygen atoms in total.